The molecular weight excluding hydrogens is 489 g/mol. The maximum atomic E-state index is 13.2. The topological polar surface area (TPSA) is 58.2 Å². The first kappa shape index (κ1) is 24.3. The number of amidine groups is 1. The third-order valence-corrected chi connectivity index (χ3v) is 7.01. The van der Waals surface area contributed by atoms with Crippen LogP contribution in [0, 0.1) is 0 Å². The molecule has 0 N–H and O–H groups in total. The molecule has 2 heterocycles. The van der Waals surface area contributed by atoms with Crippen LogP contribution >= 0.6 is 35.0 Å². The number of furan rings is 1. The standard InChI is InChI=1S/C26H23Cl2N3O2S/c1-26(2,3)19-11-9-17(10-12-19)14-22-24(32)31(16-20-7-5-13-33-20)25(34-22)30-29-15-18-6-4-8-21(27)23(18)28/h4-15H,16H2,1-3H3/b22-14-,29-15+,30-25-. The van der Waals surface area contributed by atoms with Gasteiger partial charge in [-0.3, -0.25) is 9.69 Å². The number of benzene rings is 2. The number of thioether (sulfide) groups is 1. The maximum Gasteiger partial charge on any atom is 0.267 e. The zero-order valence-electron chi connectivity index (χ0n) is 19.0. The molecule has 0 saturated carbocycles. The summed E-state index contributed by atoms with van der Waals surface area (Å²) >= 11 is 13.6. The molecule has 3 aromatic rings. The van der Waals surface area contributed by atoms with E-state index in [0.717, 1.165) is 5.56 Å². The van der Waals surface area contributed by atoms with Crippen molar-refractivity contribution in [3.8, 4) is 0 Å². The van der Waals surface area contributed by atoms with E-state index in [1.807, 2.05) is 24.3 Å². The van der Waals surface area contributed by atoms with Gasteiger partial charge in [-0.2, -0.15) is 5.10 Å². The van der Waals surface area contributed by atoms with E-state index in [1.165, 1.54) is 23.5 Å². The lowest BCUT2D eigenvalue weighted by Crippen LogP contribution is -2.28. The summed E-state index contributed by atoms with van der Waals surface area (Å²) in [7, 11) is 0. The zero-order chi connectivity index (χ0) is 24.3. The molecular formula is C26H23Cl2N3O2S. The van der Waals surface area contributed by atoms with Crippen molar-refractivity contribution in [2.75, 3.05) is 0 Å². The summed E-state index contributed by atoms with van der Waals surface area (Å²) in [4.78, 5) is 15.3. The highest BCUT2D eigenvalue weighted by Crippen LogP contribution is 2.34. The van der Waals surface area contributed by atoms with Crippen LogP contribution in [0.2, 0.25) is 10.0 Å². The van der Waals surface area contributed by atoms with E-state index in [0.29, 0.717) is 31.4 Å². The second-order valence-corrected chi connectivity index (χ2v) is 10.5. The molecule has 1 aromatic heterocycles. The Morgan fingerprint density at radius 3 is 2.50 bits per heavy atom. The van der Waals surface area contributed by atoms with Gasteiger partial charge >= 0.3 is 0 Å². The Hall–Kier alpha value is -2.80. The van der Waals surface area contributed by atoms with Gasteiger partial charge in [-0.25, -0.2) is 0 Å². The monoisotopic (exact) mass is 511 g/mol. The molecule has 1 aliphatic rings. The molecule has 0 bridgehead atoms. The lowest BCUT2D eigenvalue weighted by atomic mass is 9.87. The fourth-order valence-electron chi connectivity index (χ4n) is 3.27. The number of nitrogens with zero attached hydrogens (tertiary/aromatic N) is 3. The van der Waals surface area contributed by atoms with Crippen molar-refractivity contribution in [2.24, 2.45) is 10.2 Å². The van der Waals surface area contributed by atoms with Gasteiger partial charge < -0.3 is 4.42 Å². The van der Waals surface area contributed by atoms with E-state index < -0.39 is 0 Å². The highest BCUT2D eigenvalue weighted by atomic mass is 35.5. The average Bonchev–Trinajstić information content (AvgIpc) is 3.41. The maximum absolute atomic E-state index is 13.2. The Morgan fingerprint density at radius 2 is 1.82 bits per heavy atom. The molecule has 1 saturated heterocycles. The Kier molecular flexibility index (Phi) is 7.31. The molecule has 5 nitrogen and oxygen atoms in total. The van der Waals surface area contributed by atoms with Gasteiger partial charge in [0.2, 0.25) is 0 Å². The van der Waals surface area contributed by atoms with E-state index in [9.17, 15) is 4.79 Å². The molecule has 1 amide bonds. The smallest absolute Gasteiger partial charge is 0.267 e. The molecule has 4 rings (SSSR count). The molecule has 1 fully saturated rings. The van der Waals surface area contributed by atoms with Gasteiger partial charge in [-0.05, 0) is 52.6 Å². The number of carbonyl (C=O) groups excluding carboxylic acids is 1. The fraction of sp³-hybridized carbons (Fsp3) is 0.192. The molecule has 1 aliphatic heterocycles. The molecule has 0 spiro atoms. The zero-order valence-corrected chi connectivity index (χ0v) is 21.3. The van der Waals surface area contributed by atoms with E-state index >= 15 is 0 Å². The Balaban J connectivity index is 1.62. The van der Waals surface area contributed by atoms with Crippen LogP contribution in [-0.4, -0.2) is 22.2 Å². The van der Waals surface area contributed by atoms with Gasteiger partial charge in [0.05, 0.1) is 34.0 Å². The summed E-state index contributed by atoms with van der Waals surface area (Å²) in [6.45, 7) is 6.76. The number of hydrogen-bond donors (Lipinski definition) is 0. The van der Waals surface area contributed by atoms with Crippen molar-refractivity contribution in [3.63, 3.8) is 0 Å². The van der Waals surface area contributed by atoms with Crippen LogP contribution in [0.3, 0.4) is 0 Å². The first-order valence-corrected chi connectivity index (χ1v) is 12.2. The van der Waals surface area contributed by atoms with Crippen molar-refractivity contribution in [1.82, 2.24) is 4.90 Å². The number of rotatable bonds is 5. The number of amides is 1. The summed E-state index contributed by atoms with van der Waals surface area (Å²) in [5.41, 5.74) is 2.88. The third-order valence-electron chi connectivity index (χ3n) is 5.18. The third kappa shape index (κ3) is 5.63. The van der Waals surface area contributed by atoms with Crippen LogP contribution in [0.5, 0.6) is 0 Å². The summed E-state index contributed by atoms with van der Waals surface area (Å²) in [6.07, 6.45) is 4.96. The summed E-state index contributed by atoms with van der Waals surface area (Å²) in [6, 6.07) is 17.1. The predicted molar refractivity (Wildman–Crippen MR) is 141 cm³/mol. The largest absolute Gasteiger partial charge is 0.467 e. The van der Waals surface area contributed by atoms with Crippen LogP contribution in [0.25, 0.3) is 6.08 Å². The van der Waals surface area contributed by atoms with Crippen LogP contribution in [0.1, 0.15) is 43.2 Å². The first-order valence-electron chi connectivity index (χ1n) is 10.6. The Bertz CT molecular complexity index is 1270. The van der Waals surface area contributed by atoms with E-state index in [4.69, 9.17) is 27.6 Å². The second-order valence-electron chi connectivity index (χ2n) is 8.72. The van der Waals surface area contributed by atoms with Crippen molar-refractivity contribution >= 4 is 58.3 Å². The van der Waals surface area contributed by atoms with Gasteiger partial charge in [0.15, 0.2) is 5.17 Å². The minimum Gasteiger partial charge on any atom is -0.467 e. The van der Waals surface area contributed by atoms with E-state index in [1.54, 1.807) is 35.4 Å². The van der Waals surface area contributed by atoms with E-state index in [-0.39, 0.29) is 17.9 Å². The second kappa shape index (κ2) is 10.2. The van der Waals surface area contributed by atoms with Crippen molar-refractivity contribution in [1.29, 1.82) is 0 Å². The number of carbonyl (C=O) groups is 1. The van der Waals surface area contributed by atoms with Crippen molar-refractivity contribution in [3.05, 3.63) is 98.3 Å². The van der Waals surface area contributed by atoms with E-state index in [2.05, 4.69) is 43.1 Å². The lowest BCUT2D eigenvalue weighted by Gasteiger charge is -2.18. The van der Waals surface area contributed by atoms with Crippen LogP contribution < -0.4 is 0 Å². The molecule has 0 atom stereocenters. The molecule has 2 aromatic carbocycles. The molecule has 34 heavy (non-hydrogen) atoms. The molecule has 0 unspecified atom stereocenters. The summed E-state index contributed by atoms with van der Waals surface area (Å²) in [5.74, 6) is 0.496. The molecule has 0 radical (unpaired) electrons. The Morgan fingerprint density at radius 1 is 1.06 bits per heavy atom. The Labute approximate surface area is 213 Å². The molecule has 0 aliphatic carbocycles. The van der Waals surface area contributed by atoms with Gasteiger partial charge in [-0.1, -0.05) is 80.4 Å². The number of halogens is 2. The predicted octanol–water partition coefficient (Wildman–Crippen LogP) is 7.39. The summed E-state index contributed by atoms with van der Waals surface area (Å²) < 4.78 is 5.45. The van der Waals surface area contributed by atoms with Crippen molar-refractivity contribution < 1.29 is 9.21 Å². The highest BCUT2D eigenvalue weighted by molar-refractivity contribution is 8.18. The highest BCUT2D eigenvalue weighted by Gasteiger charge is 2.34. The van der Waals surface area contributed by atoms with Crippen LogP contribution in [0.15, 0.2) is 80.4 Å². The van der Waals surface area contributed by atoms with Gasteiger partial charge in [0, 0.05) is 5.56 Å². The van der Waals surface area contributed by atoms with Gasteiger partial charge in [-0.15, -0.1) is 5.10 Å². The lowest BCUT2D eigenvalue weighted by molar-refractivity contribution is -0.122. The number of hydrogen-bond acceptors (Lipinski definition) is 5. The minimum atomic E-state index is -0.156. The van der Waals surface area contributed by atoms with Crippen molar-refractivity contribution in [2.45, 2.75) is 32.7 Å². The molecule has 8 heteroatoms. The SMILES string of the molecule is CC(C)(C)c1ccc(/C=C2\S/C(=N\N=C\c3cccc(Cl)c3Cl)N(Cc3ccco3)C2=O)cc1. The van der Waals surface area contributed by atoms with Gasteiger partial charge in [0.25, 0.3) is 5.91 Å². The first-order chi connectivity index (χ1) is 16.2. The minimum absolute atomic E-state index is 0.0626. The summed E-state index contributed by atoms with van der Waals surface area (Å²) in [5, 5.41) is 9.76. The van der Waals surface area contributed by atoms with Gasteiger partial charge in [0.1, 0.15) is 5.76 Å². The van der Waals surface area contributed by atoms with Crippen LogP contribution in [0.4, 0.5) is 0 Å². The van der Waals surface area contributed by atoms with Crippen LogP contribution in [-0.2, 0) is 16.8 Å². The fourth-order valence-corrected chi connectivity index (χ4v) is 4.56. The average molecular weight is 512 g/mol. The normalized spacial score (nSPS) is 17.0. The quantitative estimate of drug-likeness (QED) is 0.203. The molecule has 174 valence electrons.